The smallest absolute Gasteiger partial charge is 0.404 e. The predicted molar refractivity (Wildman–Crippen MR) is 132 cm³/mol. The Morgan fingerprint density at radius 2 is 2.00 bits per heavy atom. The standard InChI is InChI=1S/C25H27ClFN5O2/c1-15-10-18(8-9-21(15)32-25(33)34)30-24-12-19(20(26)14-29-24)22-6-3-7-23(31-22)28-13-16-4-2-5-17(27)11-16/h2-7,11-12,14-15,18,21,32H,8-10,13H2,1H3,(H,28,31)(H,29,30)(H,33,34)/t15-,18-,21-/m1/s1. The van der Waals surface area contributed by atoms with Crippen LogP contribution >= 0.6 is 11.6 Å². The number of anilines is 2. The summed E-state index contributed by atoms with van der Waals surface area (Å²) in [5, 5.41) is 18.8. The van der Waals surface area contributed by atoms with Gasteiger partial charge in [-0.25, -0.2) is 19.2 Å². The number of halogens is 2. The molecule has 1 fully saturated rings. The molecule has 1 aromatic carbocycles. The van der Waals surface area contributed by atoms with Crippen LogP contribution in [0.3, 0.4) is 0 Å². The maximum Gasteiger partial charge on any atom is 0.404 e. The van der Waals surface area contributed by atoms with Crippen molar-refractivity contribution in [3.8, 4) is 11.3 Å². The van der Waals surface area contributed by atoms with Crippen LogP contribution in [0.2, 0.25) is 5.02 Å². The fourth-order valence-corrected chi connectivity index (χ4v) is 4.55. The van der Waals surface area contributed by atoms with Crippen LogP contribution in [0.4, 0.5) is 20.8 Å². The monoisotopic (exact) mass is 483 g/mol. The molecule has 3 aromatic rings. The van der Waals surface area contributed by atoms with E-state index in [9.17, 15) is 9.18 Å². The molecule has 4 rings (SSSR count). The third-order valence-electron chi connectivity index (χ3n) is 6.07. The lowest BCUT2D eigenvalue weighted by atomic mass is 9.83. The summed E-state index contributed by atoms with van der Waals surface area (Å²) in [6.45, 7) is 2.50. The van der Waals surface area contributed by atoms with Crippen molar-refractivity contribution in [1.82, 2.24) is 15.3 Å². The first kappa shape index (κ1) is 23.8. The largest absolute Gasteiger partial charge is 0.465 e. The van der Waals surface area contributed by atoms with Gasteiger partial charge in [-0.1, -0.05) is 36.7 Å². The average molecular weight is 484 g/mol. The summed E-state index contributed by atoms with van der Waals surface area (Å²) < 4.78 is 13.4. The van der Waals surface area contributed by atoms with E-state index in [0.29, 0.717) is 28.9 Å². The van der Waals surface area contributed by atoms with Gasteiger partial charge in [-0.15, -0.1) is 0 Å². The van der Waals surface area contributed by atoms with Gasteiger partial charge >= 0.3 is 6.09 Å². The van der Waals surface area contributed by atoms with Gasteiger partial charge < -0.3 is 21.1 Å². The van der Waals surface area contributed by atoms with Gasteiger partial charge in [0.25, 0.3) is 0 Å². The zero-order valence-electron chi connectivity index (χ0n) is 18.8. The molecule has 0 saturated heterocycles. The van der Waals surface area contributed by atoms with Gasteiger partial charge in [0.1, 0.15) is 17.5 Å². The number of hydrogen-bond donors (Lipinski definition) is 4. The van der Waals surface area contributed by atoms with Crippen molar-refractivity contribution in [2.24, 2.45) is 5.92 Å². The van der Waals surface area contributed by atoms with Gasteiger partial charge in [0, 0.05) is 30.4 Å². The number of rotatable bonds is 7. The van der Waals surface area contributed by atoms with E-state index in [4.69, 9.17) is 16.7 Å². The zero-order valence-corrected chi connectivity index (χ0v) is 19.5. The Morgan fingerprint density at radius 1 is 1.18 bits per heavy atom. The topological polar surface area (TPSA) is 99.2 Å². The summed E-state index contributed by atoms with van der Waals surface area (Å²) in [5.74, 6) is 1.30. The van der Waals surface area contributed by atoms with Crippen molar-refractivity contribution in [2.45, 2.75) is 44.8 Å². The number of nitrogens with zero attached hydrogens (tertiary/aromatic N) is 2. The van der Waals surface area contributed by atoms with Gasteiger partial charge in [-0.2, -0.15) is 0 Å². The fourth-order valence-electron chi connectivity index (χ4n) is 4.35. The van der Waals surface area contributed by atoms with Crippen LogP contribution in [0.25, 0.3) is 11.3 Å². The lowest BCUT2D eigenvalue weighted by Gasteiger charge is -2.34. The first-order chi connectivity index (χ1) is 16.4. The van der Waals surface area contributed by atoms with E-state index in [0.717, 1.165) is 30.4 Å². The molecule has 9 heteroatoms. The highest BCUT2D eigenvalue weighted by Crippen LogP contribution is 2.31. The van der Waals surface area contributed by atoms with Crippen molar-refractivity contribution < 1.29 is 14.3 Å². The van der Waals surface area contributed by atoms with Crippen molar-refractivity contribution in [3.05, 3.63) is 71.1 Å². The second-order valence-electron chi connectivity index (χ2n) is 8.63. The Labute approximate surface area is 202 Å². The molecule has 0 radical (unpaired) electrons. The molecular weight excluding hydrogens is 457 g/mol. The second-order valence-corrected chi connectivity index (χ2v) is 9.04. The maximum absolute atomic E-state index is 13.4. The number of carboxylic acid groups (broad SMARTS) is 1. The van der Waals surface area contributed by atoms with E-state index < -0.39 is 6.09 Å². The van der Waals surface area contributed by atoms with Crippen molar-refractivity contribution in [3.63, 3.8) is 0 Å². The minimum Gasteiger partial charge on any atom is -0.465 e. The SMILES string of the molecule is C[C@@H]1C[C@H](Nc2cc(-c3cccc(NCc4cccc(F)c4)n3)c(Cl)cn2)CC[C@H]1NC(=O)O. The summed E-state index contributed by atoms with van der Waals surface area (Å²) in [4.78, 5) is 20.1. The molecule has 0 aliphatic heterocycles. The number of pyridine rings is 2. The lowest BCUT2D eigenvalue weighted by molar-refractivity contribution is 0.176. The molecule has 1 aliphatic carbocycles. The molecule has 7 nitrogen and oxygen atoms in total. The van der Waals surface area contributed by atoms with Crippen LogP contribution in [0.1, 0.15) is 31.7 Å². The highest BCUT2D eigenvalue weighted by Gasteiger charge is 2.28. The highest BCUT2D eigenvalue weighted by atomic mass is 35.5. The molecule has 0 bridgehead atoms. The minimum atomic E-state index is -0.979. The number of nitrogens with one attached hydrogen (secondary N) is 3. The second kappa shape index (κ2) is 10.7. The zero-order chi connectivity index (χ0) is 24.1. The number of aromatic nitrogens is 2. The van der Waals surface area contributed by atoms with E-state index in [1.165, 1.54) is 12.1 Å². The molecule has 0 unspecified atom stereocenters. The number of amides is 1. The molecule has 1 saturated carbocycles. The number of hydrogen-bond acceptors (Lipinski definition) is 5. The molecule has 1 aliphatic rings. The van der Waals surface area contributed by atoms with E-state index in [1.807, 2.05) is 30.3 Å². The third-order valence-corrected chi connectivity index (χ3v) is 6.37. The summed E-state index contributed by atoms with van der Waals surface area (Å²) in [5.41, 5.74) is 2.27. The molecule has 34 heavy (non-hydrogen) atoms. The average Bonchev–Trinajstić information content (AvgIpc) is 2.81. The maximum atomic E-state index is 13.4. The normalized spacial score (nSPS) is 19.9. The Kier molecular flexibility index (Phi) is 7.47. The van der Waals surface area contributed by atoms with Crippen molar-refractivity contribution in [1.29, 1.82) is 0 Å². The molecule has 2 heterocycles. The first-order valence-electron chi connectivity index (χ1n) is 11.2. The minimum absolute atomic E-state index is 0.0314. The molecule has 0 spiro atoms. The third kappa shape index (κ3) is 6.14. The van der Waals surface area contributed by atoms with Gasteiger partial charge in [0.15, 0.2) is 0 Å². The van der Waals surface area contributed by atoms with Crippen LogP contribution in [0.5, 0.6) is 0 Å². The quantitative estimate of drug-likeness (QED) is 0.339. The summed E-state index contributed by atoms with van der Waals surface area (Å²) in [6, 6.07) is 14.1. The molecule has 1 amide bonds. The highest BCUT2D eigenvalue weighted by molar-refractivity contribution is 6.33. The lowest BCUT2D eigenvalue weighted by Crippen LogP contribution is -2.44. The number of benzene rings is 1. The Hall–Kier alpha value is -3.39. The van der Waals surface area contributed by atoms with Crippen LogP contribution in [0, 0.1) is 11.7 Å². The Bertz CT molecular complexity index is 1160. The van der Waals surface area contributed by atoms with E-state index >= 15 is 0 Å². The predicted octanol–water partition coefficient (Wildman–Crippen LogP) is 5.78. The van der Waals surface area contributed by atoms with Crippen LogP contribution in [-0.4, -0.2) is 33.3 Å². The fraction of sp³-hybridized carbons (Fsp3) is 0.320. The van der Waals surface area contributed by atoms with Crippen LogP contribution < -0.4 is 16.0 Å². The van der Waals surface area contributed by atoms with Crippen molar-refractivity contribution >= 4 is 29.3 Å². The molecular formula is C25H27ClFN5O2. The van der Waals surface area contributed by atoms with Gasteiger partial charge in [0.2, 0.25) is 0 Å². The van der Waals surface area contributed by atoms with Crippen LogP contribution in [-0.2, 0) is 6.54 Å². The van der Waals surface area contributed by atoms with E-state index in [-0.39, 0.29) is 23.8 Å². The summed E-state index contributed by atoms with van der Waals surface area (Å²) >= 11 is 6.45. The molecule has 2 aromatic heterocycles. The van der Waals surface area contributed by atoms with E-state index in [2.05, 4.69) is 32.8 Å². The molecule has 178 valence electrons. The number of carbonyl (C=O) groups is 1. The van der Waals surface area contributed by atoms with Crippen LogP contribution in [0.15, 0.2) is 54.7 Å². The summed E-state index contributed by atoms with van der Waals surface area (Å²) in [6.07, 6.45) is 3.07. The van der Waals surface area contributed by atoms with Crippen molar-refractivity contribution in [2.75, 3.05) is 10.6 Å². The molecule has 4 N–H and O–H groups in total. The van der Waals surface area contributed by atoms with Gasteiger partial charge in [-0.3, -0.25) is 0 Å². The summed E-state index contributed by atoms with van der Waals surface area (Å²) in [7, 11) is 0. The first-order valence-corrected chi connectivity index (χ1v) is 11.6. The molecule has 3 atom stereocenters. The van der Waals surface area contributed by atoms with Gasteiger partial charge in [-0.05, 0) is 61.1 Å². The Balaban J connectivity index is 1.44. The van der Waals surface area contributed by atoms with Gasteiger partial charge in [0.05, 0.1) is 10.7 Å². The van der Waals surface area contributed by atoms with E-state index in [1.54, 1.807) is 12.3 Å². The Morgan fingerprint density at radius 3 is 2.76 bits per heavy atom.